The van der Waals surface area contributed by atoms with E-state index >= 15 is 0 Å². The van der Waals surface area contributed by atoms with Crippen molar-refractivity contribution in [1.82, 2.24) is 15.0 Å². The molecule has 0 aliphatic carbocycles. The molecule has 0 saturated heterocycles. The summed E-state index contributed by atoms with van der Waals surface area (Å²) in [4.78, 5) is 26.7. The highest BCUT2D eigenvalue weighted by Gasteiger charge is 2.06. The van der Waals surface area contributed by atoms with Crippen LogP contribution in [-0.2, 0) is 0 Å². The molecule has 23 heavy (non-hydrogen) atoms. The van der Waals surface area contributed by atoms with Gasteiger partial charge in [-0.2, -0.15) is 0 Å². The fourth-order valence-corrected chi connectivity index (χ4v) is 3.01. The van der Waals surface area contributed by atoms with Crippen LogP contribution in [0.1, 0.15) is 25.2 Å². The molecule has 5 nitrogen and oxygen atoms in total. The average Bonchev–Trinajstić information content (AvgIpc) is 3.04. The molecule has 3 rings (SSSR count). The topological polar surface area (TPSA) is 61.9 Å². The van der Waals surface area contributed by atoms with Crippen LogP contribution in [0.25, 0.3) is 21.9 Å². The quantitative estimate of drug-likeness (QED) is 0.798. The molecule has 0 fully saturated rings. The van der Waals surface area contributed by atoms with Gasteiger partial charge in [-0.3, -0.25) is 4.79 Å². The van der Waals surface area contributed by atoms with E-state index in [2.05, 4.69) is 26.8 Å². The minimum Gasteiger partial charge on any atom is -0.360 e. The molecule has 0 atom stereocenters. The Morgan fingerprint density at radius 3 is 2.91 bits per heavy atom. The number of allylic oxidation sites excluding steroid dienone is 1. The van der Waals surface area contributed by atoms with Crippen molar-refractivity contribution in [1.29, 1.82) is 0 Å². The van der Waals surface area contributed by atoms with Crippen LogP contribution in [0.3, 0.4) is 0 Å². The number of fused-ring (bicyclic) bond motifs is 1. The van der Waals surface area contributed by atoms with Gasteiger partial charge in [0.1, 0.15) is 16.5 Å². The highest BCUT2D eigenvalue weighted by molar-refractivity contribution is 7.16. The third-order valence-electron chi connectivity index (χ3n) is 3.73. The van der Waals surface area contributed by atoms with E-state index in [0.717, 1.165) is 28.3 Å². The lowest BCUT2D eigenvalue weighted by Gasteiger charge is -2.15. The summed E-state index contributed by atoms with van der Waals surface area (Å²) in [5.41, 5.74) is 1.78. The van der Waals surface area contributed by atoms with Crippen molar-refractivity contribution < 1.29 is 0 Å². The number of hydrogen-bond acceptors (Lipinski definition) is 5. The molecule has 1 N–H and O–H groups in total. The maximum atomic E-state index is 12.0. The van der Waals surface area contributed by atoms with E-state index in [1.165, 1.54) is 11.3 Å². The molecule has 0 radical (unpaired) electrons. The van der Waals surface area contributed by atoms with Gasteiger partial charge in [-0.1, -0.05) is 0 Å². The van der Waals surface area contributed by atoms with Crippen LogP contribution in [0.5, 0.6) is 0 Å². The molecular formula is C17H18N4OS. The predicted molar refractivity (Wildman–Crippen MR) is 97.0 cm³/mol. The number of rotatable bonds is 4. The van der Waals surface area contributed by atoms with Crippen molar-refractivity contribution >= 4 is 39.0 Å². The van der Waals surface area contributed by atoms with Crippen LogP contribution >= 0.6 is 11.3 Å². The number of aromatic amines is 1. The first-order valence-electron chi connectivity index (χ1n) is 7.42. The standard InChI is InChI=1S/C17H18N4OS/c1-4-21(3)14-6-5-12(10-18-14)9-11(2)15-19-16(22)13-7-8-23-17(13)20-15/h5-10H,4H2,1-3H3,(H,19,20,22)/b11-9+. The summed E-state index contributed by atoms with van der Waals surface area (Å²) in [7, 11) is 2.01. The van der Waals surface area contributed by atoms with E-state index in [0.29, 0.717) is 11.2 Å². The third-order valence-corrected chi connectivity index (χ3v) is 4.53. The Hall–Kier alpha value is -2.47. The Morgan fingerprint density at radius 2 is 2.22 bits per heavy atom. The molecule has 6 heteroatoms. The second-order valence-electron chi connectivity index (χ2n) is 5.35. The van der Waals surface area contributed by atoms with Gasteiger partial charge in [-0.15, -0.1) is 11.3 Å². The Labute approximate surface area is 138 Å². The zero-order valence-electron chi connectivity index (χ0n) is 13.3. The van der Waals surface area contributed by atoms with E-state index in [1.54, 1.807) is 6.07 Å². The Balaban J connectivity index is 1.93. The SMILES string of the molecule is CCN(C)c1ccc(/C=C(\C)c2nc3sccc3c(=O)[nH]2)cn1. The van der Waals surface area contributed by atoms with Gasteiger partial charge < -0.3 is 9.88 Å². The molecule has 0 amide bonds. The number of aromatic nitrogens is 3. The number of nitrogens with one attached hydrogen (secondary N) is 1. The van der Waals surface area contributed by atoms with Crippen molar-refractivity contribution in [3.05, 3.63) is 51.5 Å². The third kappa shape index (κ3) is 3.17. The smallest absolute Gasteiger partial charge is 0.259 e. The van der Waals surface area contributed by atoms with Crippen molar-refractivity contribution in [2.24, 2.45) is 0 Å². The highest BCUT2D eigenvalue weighted by atomic mass is 32.1. The maximum absolute atomic E-state index is 12.0. The Bertz CT molecular complexity index is 908. The number of anilines is 1. The molecule has 3 heterocycles. The highest BCUT2D eigenvalue weighted by Crippen LogP contribution is 2.19. The van der Waals surface area contributed by atoms with Crippen molar-refractivity contribution in [3.63, 3.8) is 0 Å². The molecule has 0 aromatic carbocycles. The van der Waals surface area contributed by atoms with Gasteiger partial charge in [0.05, 0.1) is 5.39 Å². The monoisotopic (exact) mass is 326 g/mol. The largest absolute Gasteiger partial charge is 0.360 e. The number of thiophene rings is 1. The molecule has 3 aromatic heterocycles. The van der Waals surface area contributed by atoms with Gasteiger partial charge in [0.2, 0.25) is 0 Å². The lowest BCUT2D eigenvalue weighted by Crippen LogP contribution is -2.16. The van der Waals surface area contributed by atoms with Crippen LogP contribution in [0.15, 0.2) is 34.6 Å². The molecule has 0 aliphatic rings. The van der Waals surface area contributed by atoms with Crippen molar-refractivity contribution in [2.75, 3.05) is 18.5 Å². The van der Waals surface area contributed by atoms with E-state index in [4.69, 9.17) is 0 Å². The number of hydrogen-bond donors (Lipinski definition) is 1. The van der Waals surface area contributed by atoms with E-state index in [1.807, 2.05) is 43.8 Å². The van der Waals surface area contributed by atoms with Crippen LogP contribution in [0, 0.1) is 0 Å². The fourth-order valence-electron chi connectivity index (χ4n) is 2.24. The number of nitrogens with zero attached hydrogens (tertiary/aromatic N) is 3. The van der Waals surface area contributed by atoms with Crippen molar-refractivity contribution in [2.45, 2.75) is 13.8 Å². The van der Waals surface area contributed by atoms with Crippen molar-refractivity contribution in [3.8, 4) is 0 Å². The first-order chi connectivity index (χ1) is 11.1. The van der Waals surface area contributed by atoms with Crippen LogP contribution in [0.4, 0.5) is 5.82 Å². The van der Waals surface area contributed by atoms with Crippen LogP contribution in [-0.4, -0.2) is 28.5 Å². The first kappa shape index (κ1) is 15.4. The fraction of sp³-hybridized carbons (Fsp3) is 0.235. The first-order valence-corrected chi connectivity index (χ1v) is 8.30. The lowest BCUT2D eigenvalue weighted by atomic mass is 10.1. The Morgan fingerprint density at radius 1 is 1.39 bits per heavy atom. The summed E-state index contributed by atoms with van der Waals surface area (Å²) in [6.07, 6.45) is 3.80. The molecule has 0 bridgehead atoms. The zero-order valence-corrected chi connectivity index (χ0v) is 14.1. The van der Waals surface area contributed by atoms with Gasteiger partial charge in [0.15, 0.2) is 0 Å². The van der Waals surface area contributed by atoms with Gasteiger partial charge in [-0.05, 0) is 54.6 Å². The molecule has 118 valence electrons. The predicted octanol–water partition coefficient (Wildman–Crippen LogP) is 3.40. The number of H-pyrrole nitrogens is 1. The molecule has 0 aliphatic heterocycles. The number of pyridine rings is 1. The molecule has 0 saturated carbocycles. The normalized spacial score (nSPS) is 11.9. The Kier molecular flexibility index (Phi) is 4.25. The minimum absolute atomic E-state index is 0.1000. The molecule has 3 aromatic rings. The van der Waals surface area contributed by atoms with Crippen LogP contribution < -0.4 is 10.5 Å². The summed E-state index contributed by atoms with van der Waals surface area (Å²) in [5.74, 6) is 1.54. The average molecular weight is 326 g/mol. The molecule has 0 unspecified atom stereocenters. The van der Waals surface area contributed by atoms with E-state index in [9.17, 15) is 4.79 Å². The second kappa shape index (κ2) is 6.34. The van der Waals surface area contributed by atoms with Gasteiger partial charge in [0.25, 0.3) is 5.56 Å². The summed E-state index contributed by atoms with van der Waals surface area (Å²) >= 11 is 1.47. The van der Waals surface area contributed by atoms with E-state index in [-0.39, 0.29) is 5.56 Å². The summed E-state index contributed by atoms with van der Waals surface area (Å²) in [6, 6.07) is 5.79. The lowest BCUT2D eigenvalue weighted by molar-refractivity contribution is 0.938. The van der Waals surface area contributed by atoms with Gasteiger partial charge in [-0.25, -0.2) is 9.97 Å². The second-order valence-corrected chi connectivity index (χ2v) is 6.24. The van der Waals surface area contributed by atoms with Gasteiger partial charge in [0, 0.05) is 19.8 Å². The minimum atomic E-state index is -0.1000. The summed E-state index contributed by atoms with van der Waals surface area (Å²) < 4.78 is 0. The molecular weight excluding hydrogens is 308 g/mol. The summed E-state index contributed by atoms with van der Waals surface area (Å²) in [5, 5.41) is 2.52. The van der Waals surface area contributed by atoms with Crippen LogP contribution in [0.2, 0.25) is 0 Å². The summed E-state index contributed by atoms with van der Waals surface area (Å²) in [6.45, 7) is 4.93. The van der Waals surface area contributed by atoms with Gasteiger partial charge >= 0.3 is 0 Å². The zero-order chi connectivity index (χ0) is 16.4. The molecule has 0 spiro atoms. The maximum Gasteiger partial charge on any atom is 0.259 e. The van der Waals surface area contributed by atoms with E-state index < -0.39 is 0 Å².